The Morgan fingerprint density at radius 3 is 2.32 bits per heavy atom. The number of carboxylic acids is 1. The van der Waals surface area contributed by atoms with E-state index in [1.165, 1.54) is 24.0 Å². The molecule has 0 bridgehead atoms. The molecule has 1 fully saturated rings. The van der Waals surface area contributed by atoms with Gasteiger partial charge >= 0.3 is 5.97 Å². The third-order valence-corrected chi connectivity index (χ3v) is 7.21. The van der Waals surface area contributed by atoms with Crippen LogP contribution in [0.4, 0.5) is 0 Å². The molecular formula is C33H46O5. The molecule has 0 amide bonds. The van der Waals surface area contributed by atoms with E-state index >= 15 is 0 Å². The first-order valence-corrected chi connectivity index (χ1v) is 14.5. The molecule has 1 aliphatic rings. The Morgan fingerprint density at radius 1 is 0.921 bits per heavy atom. The maximum Gasteiger partial charge on any atom is 0.303 e. The fraction of sp³-hybridized carbons (Fsp3) is 0.545. The van der Waals surface area contributed by atoms with Gasteiger partial charge in [-0.2, -0.15) is 0 Å². The Labute approximate surface area is 229 Å². The molecule has 5 heteroatoms. The van der Waals surface area contributed by atoms with Gasteiger partial charge in [-0.1, -0.05) is 99.0 Å². The quantitative estimate of drug-likeness (QED) is 0.151. The van der Waals surface area contributed by atoms with Crippen molar-refractivity contribution >= 4 is 5.97 Å². The highest BCUT2D eigenvalue weighted by atomic mass is 16.6. The number of carbonyl (C=O) groups is 1. The normalized spacial score (nSPS) is 20.2. The van der Waals surface area contributed by atoms with Gasteiger partial charge in [-0.05, 0) is 49.7 Å². The topological polar surface area (TPSA) is 65.0 Å². The van der Waals surface area contributed by atoms with Gasteiger partial charge in [0.25, 0.3) is 0 Å². The van der Waals surface area contributed by atoms with Gasteiger partial charge in [-0.15, -0.1) is 0 Å². The van der Waals surface area contributed by atoms with Gasteiger partial charge in [0.05, 0.1) is 38.1 Å². The number of hydrogen-bond acceptors (Lipinski definition) is 4. The lowest BCUT2D eigenvalue weighted by Crippen LogP contribution is -2.34. The highest BCUT2D eigenvalue weighted by Gasteiger charge is 2.37. The molecule has 0 radical (unpaired) electrons. The van der Waals surface area contributed by atoms with Crippen LogP contribution in [-0.4, -0.2) is 36.0 Å². The second kappa shape index (κ2) is 17.9. The molecule has 0 heterocycles. The van der Waals surface area contributed by atoms with Gasteiger partial charge in [0.2, 0.25) is 0 Å². The SMILES string of the molecule is CCCCC[C@H](COC1C(/C=C/CCCCC(=O)O)CCC1OCc1ccccc1)OCc1ccccc1. The molecule has 2 aromatic carbocycles. The number of carboxylic acid groups (broad SMARTS) is 1. The summed E-state index contributed by atoms with van der Waals surface area (Å²) in [5, 5.41) is 8.86. The molecule has 5 nitrogen and oxygen atoms in total. The van der Waals surface area contributed by atoms with Crippen LogP contribution in [0.1, 0.15) is 82.3 Å². The average molecular weight is 523 g/mol. The standard InChI is InChI=1S/C33H46O5/c1-2-3-8-20-30(36-24-27-15-9-6-10-16-27)26-38-33-29(19-13-4-5-14-21-32(34)35)22-23-31(33)37-25-28-17-11-7-12-18-28/h6-7,9-13,15-19,29-31,33H,2-5,8,14,20-26H2,1H3,(H,34,35)/b19-13+/t29?,30-,31?,33?/m1/s1. The lowest BCUT2D eigenvalue weighted by Gasteiger charge is -2.27. The monoisotopic (exact) mass is 522 g/mol. The largest absolute Gasteiger partial charge is 0.481 e. The lowest BCUT2D eigenvalue weighted by molar-refractivity contribution is -0.137. The van der Waals surface area contributed by atoms with Gasteiger partial charge in [-0.3, -0.25) is 4.79 Å². The summed E-state index contributed by atoms with van der Waals surface area (Å²) in [6.45, 7) is 3.97. The zero-order valence-electron chi connectivity index (χ0n) is 23.0. The summed E-state index contributed by atoms with van der Waals surface area (Å²) in [5.74, 6) is -0.430. The third kappa shape index (κ3) is 11.5. The first-order valence-electron chi connectivity index (χ1n) is 14.5. The van der Waals surface area contributed by atoms with Crippen LogP contribution in [0, 0.1) is 5.92 Å². The van der Waals surface area contributed by atoms with Crippen molar-refractivity contribution < 1.29 is 24.1 Å². The molecule has 208 valence electrons. The Balaban J connectivity index is 1.59. The predicted octanol–water partition coefficient (Wildman–Crippen LogP) is 7.73. The Morgan fingerprint density at radius 2 is 1.63 bits per heavy atom. The summed E-state index contributed by atoms with van der Waals surface area (Å²) >= 11 is 0. The molecule has 0 spiro atoms. The van der Waals surface area contributed by atoms with E-state index in [1.807, 2.05) is 36.4 Å². The van der Waals surface area contributed by atoms with E-state index in [9.17, 15) is 4.79 Å². The van der Waals surface area contributed by atoms with E-state index in [0.717, 1.165) is 38.5 Å². The molecule has 4 atom stereocenters. The Kier molecular flexibility index (Phi) is 14.2. The Bertz CT molecular complexity index is 913. The van der Waals surface area contributed by atoms with Crippen LogP contribution >= 0.6 is 0 Å². The smallest absolute Gasteiger partial charge is 0.303 e. The number of hydrogen-bond donors (Lipinski definition) is 1. The number of ether oxygens (including phenoxy) is 3. The van der Waals surface area contributed by atoms with Gasteiger partial charge in [0, 0.05) is 12.3 Å². The summed E-state index contributed by atoms with van der Waals surface area (Å²) in [6.07, 6.45) is 13.8. The first kappa shape index (κ1) is 30.1. The molecule has 3 rings (SSSR count). The summed E-state index contributed by atoms with van der Waals surface area (Å²) in [7, 11) is 0. The van der Waals surface area contributed by atoms with Gasteiger partial charge in [0.1, 0.15) is 0 Å². The van der Waals surface area contributed by atoms with Crippen molar-refractivity contribution in [3.8, 4) is 0 Å². The summed E-state index contributed by atoms with van der Waals surface area (Å²) < 4.78 is 19.4. The van der Waals surface area contributed by atoms with E-state index in [-0.39, 0.29) is 24.7 Å². The number of rotatable bonds is 19. The van der Waals surface area contributed by atoms with Crippen molar-refractivity contribution in [3.63, 3.8) is 0 Å². The van der Waals surface area contributed by atoms with Crippen LogP contribution in [0.25, 0.3) is 0 Å². The molecule has 0 aliphatic heterocycles. The number of aliphatic carboxylic acids is 1. The minimum absolute atomic E-state index is 0.0111. The molecule has 38 heavy (non-hydrogen) atoms. The van der Waals surface area contributed by atoms with Crippen molar-refractivity contribution in [1.82, 2.24) is 0 Å². The van der Waals surface area contributed by atoms with E-state index in [0.29, 0.717) is 32.2 Å². The van der Waals surface area contributed by atoms with Crippen LogP contribution in [0.5, 0.6) is 0 Å². The van der Waals surface area contributed by atoms with Crippen molar-refractivity contribution in [2.24, 2.45) is 5.92 Å². The summed E-state index contributed by atoms with van der Waals surface area (Å²) in [6, 6.07) is 20.6. The number of allylic oxidation sites excluding steroid dienone is 1. The molecule has 2 aromatic rings. The molecule has 1 aliphatic carbocycles. The number of unbranched alkanes of at least 4 members (excludes halogenated alkanes) is 4. The van der Waals surface area contributed by atoms with Crippen LogP contribution in [0.3, 0.4) is 0 Å². The third-order valence-electron chi connectivity index (χ3n) is 7.21. The van der Waals surface area contributed by atoms with Gasteiger partial charge in [-0.25, -0.2) is 0 Å². The van der Waals surface area contributed by atoms with Crippen LogP contribution < -0.4 is 0 Å². The van der Waals surface area contributed by atoms with E-state index < -0.39 is 5.97 Å². The summed E-state index contributed by atoms with van der Waals surface area (Å²) in [5.41, 5.74) is 2.36. The zero-order valence-corrected chi connectivity index (χ0v) is 23.0. The fourth-order valence-electron chi connectivity index (χ4n) is 5.01. The van der Waals surface area contributed by atoms with Crippen molar-refractivity contribution in [1.29, 1.82) is 0 Å². The van der Waals surface area contributed by atoms with Crippen molar-refractivity contribution in [3.05, 3.63) is 83.9 Å². The Hall–Kier alpha value is -2.47. The average Bonchev–Trinajstić information content (AvgIpc) is 3.33. The zero-order chi connectivity index (χ0) is 26.8. The molecule has 1 N–H and O–H groups in total. The maximum absolute atomic E-state index is 10.8. The predicted molar refractivity (Wildman–Crippen MR) is 152 cm³/mol. The first-order chi connectivity index (χ1) is 18.7. The highest BCUT2D eigenvalue weighted by molar-refractivity contribution is 5.66. The minimum Gasteiger partial charge on any atom is -0.481 e. The van der Waals surface area contributed by atoms with E-state index in [1.54, 1.807) is 0 Å². The number of benzene rings is 2. The highest BCUT2D eigenvalue weighted by Crippen LogP contribution is 2.33. The minimum atomic E-state index is -0.723. The van der Waals surface area contributed by atoms with E-state index in [4.69, 9.17) is 19.3 Å². The van der Waals surface area contributed by atoms with Gasteiger partial charge < -0.3 is 19.3 Å². The fourth-order valence-corrected chi connectivity index (χ4v) is 5.01. The second-order valence-corrected chi connectivity index (χ2v) is 10.4. The molecule has 1 saturated carbocycles. The molecule has 3 unspecified atom stereocenters. The lowest BCUT2D eigenvalue weighted by atomic mass is 10.0. The molecular weight excluding hydrogens is 476 g/mol. The van der Waals surface area contributed by atoms with Crippen LogP contribution in [0.15, 0.2) is 72.8 Å². The maximum atomic E-state index is 10.8. The summed E-state index contributed by atoms with van der Waals surface area (Å²) in [4.78, 5) is 10.8. The molecule has 0 aromatic heterocycles. The van der Waals surface area contributed by atoms with E-state index in [2.05, 4.69) is 43.3 Å². The molecule has 0 saturated heterocycles. The van der Waals surface area contributed by atoms with Crippen molar-refractivity contribution in [2.75, 3.05) is 6.61 Å². The van der Waals surface area contributed by atoms with Crippen LogP contribution in [0.2, 0.25) is 0 Å². The van der Waals surface area contributed by atoms with Gasteiger partial charge in [0.15, 0.2) is 0 Å². The van der Waals surface area contributed by atoms with Crippen molar-refractivity contribution in [2.45, 2.75) is 103 Å². The second-order valence-electron chi connectivity index (χ2n) is 10.4. The van der Waals surface area contributed by atoms with Crippen LogP contribution in [-0.2, 0) is 32.2 Å².